The summed E-state index contributed by atoms with van der Waals surface area (Å²) < 4.78 is 0. The van der Waals surface area contributed by atoms with Gasteiger partial charge < -0.3 is 47.7 Å². The number of aliphatic imine (C=N–C) groups is 1. The number of likely N-dealkylation sites (tertiary alicyclic amines) is 1. The van der Waals surface area contributed by atoms with Crippen LogP contribution in [0.25, 0.3) is 0 Å². The smallest absolute Gasteiger partial charge is 0.0176 e. The minimum atomic E-state index is -1.49. The number of hydrogen-bond donors (Lipinski definition) is 15. The van der Waals surface area contributed by atoms with E-state index in [1.54, 1.807) is 13.8 Å². The van der Waals surface area contributed by atoms with E-state index in [2.05, 4.69) is 73.5 Å². The molecule has 9 amide bonds. The number of aromatic amines is 1. The average molecular weight is 1200 g/mol. The van der Waals surface area contributed by atoms with Crippen LogP contribution in [0.5, 0.6) is 0 Å². The van der Waals surface area contributed by atoms with Crippen molar-refractivity contribution in [1.82, 2.24) is 57.4 Å². The van der Waals surface area contributed by atoms with Crippen LogP contribution in [0, 0.1) is 17.8 Å². The van der Waals surface area contributed by atoms with Crippen LogP contribution in [-0.2, 0) is 59.2 Å². The molecule has 0 aliphatic carbocycles. The van der Waals surface area contributed by atoms with E-state index >= 15 is 0 Å². The number of aromatic nitrogens is 2. The third-order valence-electron chi connectivity index (χ3n) is 13.2. The molecule has 1 aliphatic rings. The largest absolute Gasteiger partial charge is 0.0603 e. The van der Waals surface area contributed by atoms with E-state index in [1.807, 2.05) is 27.7 Å². The Kier molecular flexibility index (Phi) is 30.8. The van der Waals surface area contributed by atoms with Gasteiger partial charge in [0.05, 0.1) is 12.4 Å². The fourth-order valence-corrected chi connectivity index (χ4v) is 8.92. The Hall–Kier alpha value is -6.91. The molecule has 0 saturated carbocycles. The number of unbranched alkanes of at least 4 members (excludes halogenated alkanes) is 1. The Morgan fingerprint density at radius 3 is 1.93 bits per heavy atom. The van der Waals surface area contributed by atoms with Gasteiger partial charge in [0, 0.05) is 24.9 Å². The number of carboxylic acid groups (broad SMARTS) is 2. The van der Waals surface area contributed by atoms with Crippen molar-refractivity contribution in [2.75, 3.05) is 26.2 Å². The van der Waals surface area contributed by atoms with Gasteiger partial charge in [0.25, 0.3) is 0 Å². The number of nitrogens with one attached hydrogen (secondary N) is 9. The standard InChI is InChI=1S/C50H85N16O13Se/c1-7-28(6)39(52)46(75)62-33(20-26(2)3)44(73)60-31(12-8-9-17-51)43(72)61-32(15-16-38(68)69)48(77)66-19-11-14-36(66)45(74)65-40(27(4)5)47(76)63-34(21-29-22-55-25-58-29)41(70)57-23-37(67)59-30(13-10-18-56-50(53)54)42(71)64-35(24-80)49(78)79/h22,25-28,30-36,39-40H,7-21,23-24,51-52H2,1-6H3,(H,55,58)(H,57,70)(H,59,67)(H,60,73)(H,61,72)(H,62,75)(H,63,76)(H,64,71)(H,65,74)(H,68,69)(H,78,79)(H4,53,54,56)/t28-,30-,31-,32-,33-,34-,35-,36-,39-,40-/m0/s1. The van der Waals surface area contributed by atoms with Crippen LogP contribution in [0.2, 0.25) is 5.32 Å². The van der Waals surface area contributed by atoms with Crippen molar-refractivity contribution in [3.8, 4) is 0 Å². The topological polar surface area (TPSA) is 473 Å². The third-order valence-corrected chi connectivity index (χ3v) is 13.9. The zero-order chi connectivity index (χ0) is 60.2. The van der Waals surface area contributed by atoms with Gasteiger partial charge in [-0.15, -0.1) is 0 Å². The second kappa shape index (κ2) is 35.7. The second-order valence-corrected chi connectivity index (χ2v) is 21.3. The maximum absolute atomic E-state index is 14.5. The van der Waals surface area contributed by atoms with Crippen LogP contribution < -0.4 is 65.5 Å². The number of aliphatic carboxylic acids is 2. The maximum Gasteiger partial charge on any atom is -0.0176 e. The molecule has 0 bridgehead atoms. The number of nitrogens with zero attached hydrogens (tertiary/aromatic N) is 3. The number of hydrogen-bond acceptors (Lipinski definition) is 15. The van der Waals surface area contributed by atoms with Crippen molar-refractivity contribution >= 4 is 87.1 Å². The summed E-state index contributed by atoms with van der Waals surface area (Å²) in [7, 11) is 0. The van der Waals surface area contributed by atoms with Crippen molar-refractivity contribution in [1.29, 1.82) is 0 Å². The molecule has 0 unspecified atom stereocenters. The molecule has 10 atom stereocenters. The minimum Gasteiger partial charge on any atom is -0.0603 e. The predicted molar refractivity (Wildman–Crippen MR) is 293 cm³/mol. The number of nitrogens with two attached hydrogens (primary N) is 4. The summed E-state index contributed by atoms with van der Waals surface area (Å²) >= 11 is 2.53. The summed E-state index contributed by atoms with van der Waals surface area (Å²) in [5.74, 6) is -10.6. The first-order chi connectivity index (χ1) is 37.7. The number of guanidine groups is 1. The van der Waals surface area contributed by atoms with Gasteiger partial charge >= 0.3 is 169 Å². The normalized spacial score (nSPS) is 16.5. The fourth-order valence-electron chi connectivity index (χ4n) is 8.44. The molecule has 29 nitrogen and oxygen atoms in total. The van der Waals surface area contributed by atoms with Crippen molar-refractivity contribution in [2.24, 2.45) is 45.7 Å². The zero-order valence-electron chi connectivity index (χ0n) is 46.5. The van der Waals surface area contributed by atoms with Crippen LogP contribution in [0.15, 0.2) is 17.5 Å². The molecule has 0 spiro atoms. The van der Waals surface area contributed by atoms with Gasteiger partial charge in [0.1, 0.15) is 30.2 Å². The second-order valence-electron chi connectivity index (χ2n) is 20.6. The summed E-state index contributed by atoms with van der Waals surface area (Å²) in [5, 5.41) is 39.7. The fraction of sp³-hybridized carbons (Fsp3) is 0.700. The zero-order valence-corrected chi connectivity index (χ0v) is 48.3. The predicted octanol–water partition coefficient (Wildman–Crippen LogP) is -3.75. The summed E-state index contributed by atoms with van der Waals surface area (Å²) in [6, 6.07) is -11.2. The van der Waals surface area contributed by atoms with E-state index in [1.165, 1.54) is 17.4 Å². The molecule has 2 rings (SSSR count). The first-order valence-corrected chi connectivity index (χ1v) is 28.2. The van der Waals surface area contributed by atoms with Crippen LogP contribution in [-0.4, -0.2) is 193 Å². The quantitative estimate of drug-likeness (QED) is 0.0132. The van der Waals surface area contributed by atoms with E-state index in [0.717, 1.165) is 0 Å². The third kappa shape index (κ3) is 24.2. The molecular weight excluding hydrogens is 1110 g/mol. The Morgan fingerprint density at radius 2 is 1.36 bits per heavy atom. The molecule has 0 aromatic carbocycles. The van der Waals surface area contributed by atoms with Crippen molar-refractivity contribution in [2.45, 2.75) is 178 Å². The molecule has 1 saturated heterocycles. The number of imidazole rings is 1. The van der Waals surface area contributed by atoms with Gasteiger partial charge in [-0.25, -0.2) is 4.98 Å². The van der Waals surface area contributed by atoms with Gasteiger partial charge in [0.15, 0.2) is 0 Å². The maximum atomic E-state index is 14.5. The van der Waals surface area contributed by atoms with E-state index in [4.69, 9.17) is 22.9 Å². The van der Waals surface area contributed by atoms with Crippen molar-refractivity contribution in [3.05, 3.63) is 18.2 Å². The Morgan fingerprint density at radius 1 is 0.762 bits per heavy atom. The molecule has 1 radical (unpaired) electrons. The van der Waals surface area contributed by atoms with E-state index in [0.29, 0.717) is 31.4 Å². The molecule has 449 valence electrons. The van der Waals surface area contributed by atoms with Crippen molar-refractivity contribution in [3.63, 3.8) is 0 Å². The van der Waals surface area contributed by atoms with Crippen LogP contribution in [0.3, 0.4) is 0 Å². The number of rotatable bonds is 37. The Labute approximate surface area is 474 Å². The first kappa shape index (κ1) is 69.2. The van der Waals surface area contributed by atoms with Gasteiger partial charge in [-0.2, -0.15) is 0 Å². The van der Waals surface area contributed by atoms with E-state index in [9.17, 15) is 63.0 Å². The molecule has 1 aromatic heterocycles. The SMILES string of the molecule is CC[C@H](C)[C@H](N)C(=O)N[C@@H](CC(C)C)C(=O)N[C@@H](CCCCN)C(=O)N[C@@H](CCC(=O)O)C(=O)N1CCC[C@H]1C(=O)N[C@H](C(=O)N[C@@H](Cc1cnc[nH]1)C(=O)NCC(=O)N[C@@H](CCCN=C(N)N)C(=O)N[C@@H](C[Se])C(=O)O)C(C)C. The minimum absolute atomic E-state index is 0.0185. The van der Waals surface area contributed by atoms with Gasteiger partial charge in [-0.3, -0.25) is 33.6 Å². The van der Waals surface area contributed by atoms with Gasteiger partial charge in [-0.1, -0.05) is 48.0 Å². The molecule has 1 fully saturated rings. The van der Waals surface area contributed by atoms with Crippen LogP contribution >= 0.6 is 0 Å². The summed E-state index contributed by atoms with van der Waals surface area (Å²) in [6.07, 6.45) is 3.94. The molecule has 30 heteroatoms. The summed E-state index contributed by atoms with van der Waals surface area (Å²) in [5.41, 5.74) is 23.1. The monoisotopic (exact) mass is 1200 g/mol. The first-order valence-electron chi connectivity index (χ1n) is 26.9. The molecule has 80 heavy (non-hydrogen) atoms. The Balaban J connectivity index is 2.34. The molecule has 2 heterocycles. The number of carboxylic acids is 2. The van der Waals surface area contributed by atoms with Crippen LogP contribution in [0.4, 0.5) is 0 Å². The average Bonchev–Trinajstić information content (AvgIpc) is 4.12. The van der Waals surface area contributed by atoms with Gasteiger partial charge in [0.2, 0.25) is 35.4 Å². The van der Waals surface area contributed by atoms with E-state index in [-0.39, 0.29) is 81.3 Å². The Bertz CT molecular complexity index is 2270. The van der Waals surface area contributed by atoms with Crippen LogP contribution in [0.1, 0.15) is 118 Å². The number of carbonyl (C=O) groups is 11. The molecule has 19 N–H and O–H groups in total. The summed E-state index contributed by atoms with van der Waals surface area (Å²) in [4.78, 5) is 159. The molecule has 1 aliphatic heterocycles. The van der Waals surface area contributed by atoms with E-state index < -0.39 is 145 Å². The number of amides is 9. The molecular formula is C50H85N16O13Se. The molecule has 1 aromatic rings. The van der Waals surface area contributed by atoms with Gasteiger partial charge in [-0.05, 0) is 69.2 Å². The number of H-pyrrole nitrogens is 1. The number of carbonyl (C=O) groups excluding carboxylic acids is 9. The van der Waals surface area contributed by atoms with Crippen molar-refractivity contribution < 1.29 is 63.0 Å². The summed E-state index contributed by atoms with van der Waals surface area (Å²) in [6.45, 7) is 10.3.